The molecule has 0 fully saturated rings. The summed E-state index contributed by atoms with van der Waals surface area (Å²) in [5, 5.41) is 9.98. The Hall–Kier alpha value is -1.05. The molecule has 0 aliphatic rings. The van der Waals surface area contributed by atoms with E-state index in [9.17, 15) is 0 Å². The molecule has 0 aromatic carbocycles. The number of rotatable bonds is 8. The van der Waals surface area contributed by atoms with Gasteiger partial charge in [-0.2, -0.15) is 0 Å². The van der Waals surface area contributed by atoms with Crippen LogP contribution in [0.4, 0.5) is 5.82 Å². The fourth-order valence-electron chi connectivity index (χ4n) is 1.67. The first kappa shape index (κ1) is 19.9. The van der Waals surface area contributed by atoms with Crippen LogP contribution in [0, 0.1) is 0 Å². The second kappa shape index (κ2) is 12.7. The average Bonchev–Trinajstić information content (AvgIpc) is 2.50. The lowest BCUT2D eigenvalue weighted by Crippen LogP contribution is -2.42. The van der Waals surface area contributed by atoms with Crippen LogP contribution in [-0.2, 0) is 0 Å². The fraction of sp³-hybridized carbons (Fsp3) is 0.600. The predicted molar refractivity (Wildman–Crippen MR) is 102 cm³/mol. The fourth-order valence-corrected chi connectivity index (χ4v) is 1.67. The second-order valence-electron chi connectivity index (χ2n) is 4.80. The van der Waals surface area contributed by atoms with E-state index < -0.39 is 0 Å². The lowest BCUT2D eigenvalue weighted by molar-refractivity contribution is 0.618. The van der Waals surface area contributed by atoms with Crippen LogP contribution in [0.25, 0.3) is 0 Å². The number of unbranched alkanes of at least 4 members (excludes halogenated alkanes) is 1. The normalized spacial score (nSPS) is 12.2. The van der Waals surface area contributed by atoms with Crippen molar-refractivity contribution in [2.75, 3.05) is 25.5 Å². The summed E-state index contributed by atoms with van der Waals surface area (Å²) in [6, 6.07) is 6.34. The van der Waals surface area contributed by atoms with Crippen molar-refractivity contribution >= 4 is 35.8 Å². The maximum absolute atomic E-state index is 4.22. The summed E-state index contributed by atoms with van der Waals surface area (Å²) in [6.45, 7) is 6.19. The van der Waals surface area contributed by atoms with Gasteiger partial charge >= 0.3 is 0 Å². The number of hydrogen-bond acceptors (Lipinski definition) is 3. The van der Waals surface area contributed by atoms with E-state index >= 15 is 0 Å². The van der Waals surface area contributed by atoms with E-state index in [4.69, 9.17) is 0 Å². The molecule has 1 aromatic heterocycles. The number of guanidine groups is 1. The summed E-state index contributed by atoms with van der Waals surface area (Å²) in [5.41, 5.74) is 0. The Morgan fingerprint density at radius 3 is 2.67 bits per heavy atom. The van der Waals surface area contributed by atoms with E-state index in [1.807, 2.05) is 18.2 Å². The maximum Gasteiger partial charge on any atom is 0.191 e. The van der Waals surface area contributed by atoms with Crippen molar-refractivity contribution in [1.29, 1.82) is 0 Å². The summed E-state index contributed by atoms with van der Waals surface area (Å²) < 4.78 is 0. The largest absolute Gasteiger partial charge is 0.370 e. The molecule has 0 saturated carbocycles. The van der Waals surface area contributed by atoms with Crippen LogP contribution < -0.4 is 16.0 Å². The molecule has 1 aromatic rings. The average molecular weight is 405 g/mol. The molecule has 1 heterocycles. The number of pyridine rings is 1. The third kappa shape index (κ3) is 9.49. The van der Waals surface area contributed by atoms with Crippen LogP contribution in [-0.4, -0.2) is 37.1 Å². The van der Waals surface area contributed by atoms with E-state index in [0.717, 1.165) is 44.1 Å². The molecule has 6 heteroatoms. The summed E-state index contributed by atoms with van der Waals surface area (Å²) in [7, 11) is 1.81. The Balaban J connectivity index is 0.00000400. The third-order valence-corrected chi connectivity index (χ3v) is 3.09. The highest BCUT2D eigenvalue weighted by Gasteiger charge is 2.01. The van der Waals surface area contributed by atoms with Gasteiger partial charge in [-0.15, -0.1) is 24.0 Å². The monoisotopic (exact) mass is 405 g/mol. The van der Waals surface area contributed by atoms with Crippen LogP contribution in [0.1, 0.15) is 33.1 Å². The van der Waals surface area contributed by atoms with Gasteiger partial charge in [-0.1, -0.05) is 13.0 Å². The standard InChI is InChI=1S/C15H27N5.HI/c1-4-13(2)20-15(16-3)19-12-8-7-11-18-14-9-5-6-10-17-14;/h5-6,9-10,13H,4,7-8,11-12H2,1-3H3,(H,17,18)(H2,16,19,20);1H. The van der Waals surface area contributed by atoms with Crippen LogP contribution in [0.3, 0.4) is 0 Å². The second-order valence-corrected chi connectivity index (χ2v) is 4.80. The van der Waals surface area contributed by atoms with Gasteiger partial charge in [-0.25, -0.2) is 4.98 Å². The summed E-state index contributed by atoms with van der Waals surface area (Å²) in [4.78, 5) is 8.43. The highest BCUT2D eigenvalue weighted by Crippen LogP contribution is 2.00. The Bertz CT molecular complexity index is 383. The van der Waals surface area contributed by atoms with Crippen molar-refractivity contribution in [3.63, 3.8) is 0 Å². The molecule has 0 saturated heterocycles. The molecule has 5 nitrogen and oxygen atoms in total. The zero-order valence-electron chi connectivity index (χ0n) is 13.2. The number of hydrogen-bond donors (Lipinski definition) is 3. The predicted octanol–water partition coefficient (Wildman–Crippen LogP) is 2.86. The maximum atomic E-state index is 4.22. The van der Waals surface area contributed by atoms with Gasteiger partial charge in [0.05, 0.1) is 0 Å². The van der Waals surface area contributed by atoms with Gasteiger partial charge < -0.3 is 16.0 Å². The van der Waals surface area contributed by atoms with Gasteiger partial charge in [0.1, 0.15) is 5.82 Å². The molecule has 1 atom stereocenters. The first-order valence-electron chi connectivity index (χ1n) is 7.38. The topological polar surface area (TPSA) is 61.3 Å². The number of aliphatic imine (C=N–C) groups is 1. The summed E-state index contributed by atoms with van der Waals surface area (Å²) in [6.07, 6.45) is 5.09. The van der Waals surface area contributed by atoms with Gasteiger partial charge in [0.2, 0.25) is 0 Å². The zero-order chi connectivity index (χ0) is 14.6. The van der Waals surface area contributed by atoms with E-state index in [1.54, 1.807) is 13.2 Å². The van der Waals surface area contributed by atoms with Gasteiger partial charge in [0.15, 0.2) is 5.96 Å². The van der Waals surface area contributed by atoms with Gasteiger partial charge in [0.25, 0.3) is 0 Å². The lowest BCUT2D eigenvalue weighted by atomic mass is 10.3. The van der Waals surface area contributed by atoms with Crippen LogP contribution in [0.5, 0.6) is 0 Å². The van der Waals surface area contributed by atoms with Gasteiger partial charge in [-0.3, -0.25) is 4.99 Å². The lowest BCUT2D eigenvalue weighted by Gasteiger charge is -2.16. The van der Waals surface area contributed by atoms with Crippen molar-refractivity contribution < 1.29 is 0 Å². The SMILES string of the molecule is CCC(C)NC(=NC)NCCCCNc1ccccn1.I. The number of aromatic nitrogens is 1. The first-order valence-corrected chi connectivity index (χ1v) is 7.38. The van der Waals surface area contributed by atoms with Crippen molar-refractivity contribution in [3.8, 4) is 0 Å². The van der Waals surface area contributed by atoms with Crippen LogP contribution >= 0.6 is 24.0 Å². The van der Waals surface area contributed by atoms with Crippen molar-refractivity contribution in [3.05, 3.63) is 24.4 Å². The number of halogens is 1. The highest BCUT2D eigenvalue weighted by molar-refractivity contribution is 14.0. The van der Waals surface area contributed by atoms with Gasteiger partial charge in [0, 0.05) is 32.4 Å². The van der Waals surface area contributed by atoms with Crippen molar-refractivity contribution in [2.45, 2.75) is 39.2 Å². The Kier molecular flexibility index (Phi) is 12.0. The van der Waals surface area contributed by atoms with Crippen LogP contribution in [0.15, 0.2) is 29.4 Å². The molecule has 0 aliphatic heterocycles. The number of nitrogens with one attached hydrogen (secondary N) is 3. The third-order valence-electron chi connectivity index (χ3n) is 3.09. The molecule has 0 aliphatic carbocycles. The van der Waals surface area contributed by atoms with E-state index in [-0.39, 0.29) is 24.0 Å². The summed E-state index contributed by atoms with van der Waals surface area (Å²) in [5.74, 6) is 1.83. The van der Waals surface area contributed by atoms with E-state index in [2.05, 4.69) is 39.8 Å². The quantitative estimate of drug-likeness (QED) is 0.270. The number of nitrogens with zero attached hydrogens (tertiary/aromatic N) is 2. The molecule has 21 heavy (non-hydrogen) atoms. The minimum atomic E-state index is 0. The minimum absolute atomic E-state index is 0. The molecule has 0 spiro atoms. The molecule has 0 bridgehead atoms. The molecule has 120 valence electrons. The van der Waals surface area contributed by atoms with E-state index in [0.29, 0.717) is 6.04 Å². The smallest absolute Gasteiger partial charge is 0.191 e. The number of anilines is 1. The molecule has 1 rings (SSSR count). The van der Waals surface area contributed by atoms with Gasteiger partial charge in [-0.05, 0) is 38.3 Å². The Morgan fingerprint density at radius 2 is 2.05 bits per heavy atom. The zero-order valence-corrected chi connectivity index (χ0v) is 15.6. The molecule has 3 N–H and O–H groups in total. The van der Waals surface area contributed by atoms with Crippen molar-refractivity contribution in [2.24, 2.45) is 4.99 Å². The minimum Gasteiger partial charge on any atom is -0.370 e. The Morgan fingerprint density at radius 1 is 1.29 bits per heavy atom. The molecule has 1 unspecified atom stereocenters. The molecule has 0 amide bonds. The molecule has 0 radical (unpaired) electrons. The van der Waals surface area contributed by atoms with Crippen LogP contribution in [0.2, 0.25) is 0 Å². The highest BCUT2D eigenvalue weighted by atomic mass is 127. The summed E-state index contributed by atoms with van der Waals surface area (Å²) >= 11 is 0. The first-order chi connectivity index (χ1) is 9.76. The molecular weight excluding hydrogens is 377 g/mol. The Labute approximate surface area is 145 Å². The van der Waals surface area contributed by atoms with E-state index in [1.165, 1.54) is 0 Å². The van der Waals surface area contributed by atoms with Crippen molar-refractivity contribution in [1.82, 2.24) is 15.6 Å². The molecular formula is C15H28IN5.